The van der Waals surface area contributed by atoms with E-state index in [2.05, 4.69) is 0 Å². The van der Waals surface area contributed by atoms with Crippen molar-refractivity contribution in [2.75, 3.05) is 5.88 Å². The van der Waals surface area contributed by atoms with Crippen molar-refractivity contribution >= 4 is 11.6 Å². The van der Waals surface area contributed by atoms with E-state index in [9.17, 15) is 5.11 Å². The molecule has 1 atom stereocenters. The van der Waals surface area contributed by atoms with Gasteiger partial charge < -0.3 is 5.11 Å². The average Bonchev–Trinajstić information content (AvgIpc) is 1.67. The predicted molar refractivity (Wildman–Crippen MR) is 36.3 cm³/mol. The average molecular weight is 137 g/mol. The van der Waals surface area contributed by atoms with E-state index in [0.29, 0.717) is 5.88 Å². The molecule has 0 amide bonds. The lowest BCUT2D eigenvalue weighted by Gasteiger charge is -2.17. The van der Waals surface area contributed by atoms with Crippen molar-refractivity contribution in [3.05, 3.63) is 0 Å². The third-order valence-electron chi connectivity index (χ3n) is 1.08. The van der Waals surface area contributed by atoms with E-state index in [4.69, 9.17) is 11.6 Å². The van der Waals surface area contributed by atoms with Gasteiger partial charge in [0, 0.05) is 0 Å². The first-order valence-corrected chi connectivity index (χ1v) is 3.44. The molecule has 1 nitrogen and oxygen atoms in total. The van der Waals surface area contributed by atoms with Gasteiger partial charge in [0.25, 0.3) is 0 Å². The summed E-state index contributed by atoms with van der Waals surface area (Å²) in [5, 5.41) is 9.19. The first-order valence-electron chi connectivity index (χ1n) is 2.91. The Kier molecular flexibility index (Phi) is 3.41. The van der Waals surface area contributed by atoms with Crippen molar-refractivity contribution in [2.24, 2.45) is 0 Å². The zero-order valence-corrected chi connectivity index (χ0v) is 6.20. The highest BCUT2D eigenvalue weighted by atomic mass is 35.5. The summed E-state index contributed by atoms with van der Waals surface area (Å²) in [6.45, 7) is 3.78. The molecular formula is C6H13ClO. The van der Waals surface area contributed by atoms with Gasteiger partial charge in [0.15, 0.2) is 0 Å². The summed E-state index contributed by atoms with van der Waals surface area (Å²) in [5.41, 5.74) is -0.643. The Labute approximate surface area is 55.7 Å². The molecule has 0 bridgehead atoms. The van der Waals surface area contributed by atoms with Gasteiger partial charge in [-0.2, -0.15) is 0 Å². The summed E-state index contributed by atoms with van der Waals surface area (Å²) in [6, 6.07) is 0. The highest BCUT2D eigenvalue weighted by Crippen LogP contribution is 2.12. The quantitative estimate of drug-likeness (QED) is 0.587. The van der Waals surface area contributed by atoms with Crippen LogP contribution in [0.4, 0.5) is 0 Å². The fourth-order valence-corrected chi connectivity index (χ4v) is 0.739. The van der Waals surface area contributed by atoms with Gasteiger partial charge in [-0.05, 0) is 13.3 Å². The van der Waals surface area contributed by atoms with Crippen LogP contribution >= 0.6 is 11.6 Å². The minimum Gasteiger partial charge on any atom is -0.389 e. The van der Waals surface area contributed by atoms with Gasteiger partial charge in [-0.25, -0.2) is 0 Å². The van der Waals surface area contributed by atoms with E-state index in [1.165, 1.54) is 0 Å². The van der Waals surface area contributed by atoms with Crippen LogP contribution in [0.3, 0.4) is 0 Å². The minimum absolute atomic E-state index is 0.334. The zero-order valence-electron chi connectivity index (χ0n) is 5.45. The summed E-state index contributed by atoms with van der Waals surface area (Å²) in [5.74, 6) is 0.334. The standard InChI is InChI=1S/C6H13ClO/c1-3-4-6(2,8)5-7/h8H,3-5H2,1-2H3/t6-/m0/s1. The van der Waals surface area contributed by atoms with Crippen LogP contribution in [0.15, 0.2) is 0 Å². The van der Waals surface area contributed by atoms with Crippen molar-refractivity contribution < 1.29 is 5.11 Å². The lowest BCUT2D eigenvalue weighted by Crippen LogP contribution is -2.25. The Morgan fingerprint density at radius 3 is 2.25 bits per heavy atom. The predicted octanol–water partition coefficient (Wildman–Crippen LogP) is 1.78. The van der Waals surface area contributed by atoms with Gasteiger partial charge in [-0.1, -0.05) is 13.3 Å². The molecule has 0 saturated heterocycles. The molecule has 1 N–H and O–H groups in total. The molecule has 0 aromatic heterocycles. The van der Waals surface area contributed by atoms with Crippen LogP contribution in [-0.2, 0) is 0 Å². The third-order valence-corrected chi connectivity index (χ3v) is 1.65. The first kappa shape index (κ1) is 8.25. The molecule has 0 aliphatic carbocycles. The summed E-state index contributed by atoms with van der Waals surface area (Å²) in [7, 11) is 0. The molecule has 0 fully saturated rings. The number of aliphatic hydroxyl groups is 1. The van der Waals surface area contributed by atoms with Crippen LogP contribution in [0.25, 0.3) is 0 Å². The summed E-state index contributed by atoms with van der Waals surface area (Å²) >= 11 is 5.42. The van der Waals surface area contributed by atoms with E-state index >= 15 is 0 Å². The molecule has 2 heteroatoms. The molecular weight excluding hydrogens is 124 g/mol. The largest absolute Gasteiger partial charge is 0.389 e. The second kappa shape index (κ2) is 3.31. The van der Waals surface area contributed by atoms with E-state index in [0.717, 1.165) is 12.8 Å². The molecule has 8 heavy (non-hydrogen) atoms. The summed E-state index contributed by atoms with van der Waals surface area (Å²) in [4.78, 5) is 0. The normalized spacial score (nSPS) is 18.0. The Hall–Kier alpha value is 0.250. The first-order chi connectivity index (χ1) is 3.62. The topological polar surface area (TPSA) is 20.2 Å². The summed E-state index contributed by atoms with van der Waals surface area (Å²) in [6.07, 6.45) is 1.77. The van der Waals surface area contributed by atoms with Gasteiger partial charge in [0.2, 0.25) is 0 Å². The molecule has 0 heterocycles. The number of hydrogen-bond donors (Lipinski definition) is 1. The Bertz CT molecular complexity index is 61.5. The van der Waals surface area contributed by atoms with E-state index in [-0.39, 0.29) is 0 Å². The monoisotopic (exact) mass is 136 g/mol. The molecule has 0 aliphatic heterocycles. The lowest BCUT2D eigenvalue weighted by molar-refractivity contribution is 0.0739. The maximum absolute atomic E-state index is 9.19. The highest BCUT2D eigenvalue weighted by molar-refractivity contribution is 6.18. The molecule has 0 aromatic rings. The lowest BCUT2D eigenvalue weighted by atomic mass is 10.0. The second-order valence-corrected chi connectivity index (χ2v) is 2.65. The molecule has 0 radical (unpaired) electrons. The third kappa shape index (κ3) is 3.28. The number of rotatable bonds is 3. The molecule has 0 aromatic carbocycles. The van der Waals surface area contributed by atoms with Crippen LogP contribution < -0.4 is 0 Å². The molecule has 0 unspecified atom stereocenters. The fraction of sp³-hybridized carbons (Fsp3) is 1.00. The van der Waals surface area contributed by atoms with Crippen LogP contribution in [0.5, 0.6) is 0 Å². The maximum atomic E-state index is 9.19. The molecule has 0 saturated carbocycles. The highest BCUT2D eigenvalue weighted by Gasteiger charge is 2.15. The van der Waals surface area contributed by atoms with Crippen LogP contribution in [-0.4, -0.2) is 16.6 Å². The molecule has 0 spiro atoms. The number of halogens is 1. The second-order valence-electron chi connectivity index (χ2n) is 2.38. The van der Waals surface area contributed by atoms with Gasteiger partial charge in [0.1, 0.15) is 0 Å². The number of alkyl halides is 1. The zero-order chi connectivity index (χ0) is 6.62. The minimum atomic E-state index is -0.643. The maximum Gasteiger partial charge on any atom is 0.0754 e. The van der Waals surface area contributed by atoms with E-state index < -0.39 is 5.60 Å². The SMILES string of the molecule is CCC[C@](C)(O)CCl. The molecule has 0 aliphatic rings. The molecule has 0 rings (SSSR count). The number of hydrogen-bond acceptors (Lipinski definition) is 1. The Morgan fingerprint density at radius 2 is 2.12 bits per heavy atom. The van der Waals surface area contributed by atoms with Crippen LogP contribution in [0.2, 0.25) is 0 Å². The van der Waals surface area contributed by atoms with Crippen LogP contribution in [0.1, 0.15) is 26.7 Å². The van der Waals surface area contributed by atoms with Gasteiger partial charge in [-0.3, -0.25) is 0 Å². The van der Waals surface area contributed by atoms with Gasteiger partial charge in [-0.15, -0.1) is 11.6 Å². The van der Waals surface area contributed by atoms with Gasteiger partial charge >= 0.3 is 0 Å². The molecule has 50 valence electrons. The van der Waals surface area contributed by atoms with Gasteiger partial charge in [0.05, 0.1) is 11.5 Å². The van der Waals surface area contributed by atoms with E-state index in [1.807, 2.05) is 6.92 Å². The van der Waals surface area contributed by atoms with Crippen molar-refractivity contribution in [1.29, 1.82) is 0 Å². The van der Waals surface area contributed by atoms with Crippen molar-refractivity contribution in [1.82, 2.24) is 0 Å². The smallest absolute Gasteiger partial charge is 0.0754 e. The van der Waals surface area contributed by atoms with Crippen molar-refractivity contribution in [3.8, 4) is 0 Å². The van der Waals surface area contributed by atoms with Crippen molar-refractivity contribution in [3.63, 3.8) is 0 Å². The van der Waals surface area contributed by atoms with E-state index in [1.54, 1.807) is 6.92 Å². The fourth-order valence-electron chi connectivity index (χ4n) is 0.605. The Balaban J connectivity index is 3.37. The van der Waals surface area contributed by atoms with Crippen LogP contribution in [0, 0.1) is 0 Å². The van der Waals surface area contributed by atoms with Crippen molar-refractivity contribution in [2.45, 2.75) is 32.3 Å². The summed E-state index contributed by atoms with van der Waals surface area (Å²) < 4.78 is 0. The Morgan fingerprint density at radius 1 is 1.62 bits per heavy atom.